The minimum absolute atomic E-state index is 0.445. The van der Waals surface area contributed by atoms with Gasteiger partial charge in [-0.1, -0.05) is 6.07 Å². The number of aryl methyl sites for hydroxylation is 2. The zero-order valence-electron chi connectivity index (χ0n) is 16.6. The number of nitrogens with one attached hydrogen (secondary N) is 2. The second kappa shape index (κ2) is 9.35. The number of hydrogen-bond donors (Lipinski definition) is 2. The average Bonchev–Trinajstić information content (AvgIpc) is 2.70. The van der Waals surface area contributed by atoms with Crippen LogP contribution in [-0.2, 0) is 6.42 Å². The number of guanidine groups is 1. The normalized spacial score (nSPS) is 15.7. The van der Waals surface area contributed by atoms with Crippen LogP contribution in [0.3, 0.4) is 0 Å². The molecular weight excluding hydrogens is 336 g/mol. The summed E-state index contributed by atoms with van der Waals surface area (Å²) in [5, 5.41) is 7.00. The van der Waals surface area contributed by atoms with Crippen molar-refractivity contribution in [2.24, 2.45) is 4.99 Å². The first-order valence-electron chi connectivity index (χ1n) is 9.70. The Labute approximate surface area is 162 Å². The molecule has 3 heterocycles. The first-order valence-corrected chi connectivity index (χ1v) is 9.70. The van der Waals surface area contributed by atoms with Crippen molar-refractivity contribution in [1.29, 1.82) is 0 Å². The van der Waals surface area contributed by atoms with Crippen LogP contribution in [0, 0.1) is 13.8 Å². The van der Waals surface area contributed by atoms with Gasteiger partial charge < -0.3 is 15.5 Å². The van der Waals surface area contributed by atoms with Gasteiger partial charge in [0.05, 0.1) is 0 Å². The van der Waals surface area contributed by atoms with E-state index in [0.717, 1.165) is 50.7 Å². The minimum atomic E-state index is 0.445. The lowest BCUT2D eigenvalue weighted by atomic mass is 10.1. The Kier molecular flexibility index (Phi) is 6.63. The van der Waals surface area contributed by atoms with E-state index in [2.05, 4.69) is 62.5 Å². The number of piperidine rings is 1. The fourth-order valence-electron chi connectivity index (χ4n) is 3.39. The molecule has 1 aliphatic rings. The van der Waals surface area contributed by atoms with E-state index in [4.69, 9.17) is 0 Å². The van der Waals surface area contributed by atoms with E-state index in [1.54, 1.807) is 0 Å². The van der Waals surface area contributed by atoms with Gasteiger partial charge in [-0.25, -0.2) is 4.98 Å². The molecule has 2 aromatic rings. The molecule has 1 saturated heterocycles. The molecule has 0 bridgehead atoms. The van der Waals surface area contributed by atoms with Gasteiger partial charge >= 0.3 is 0 Å². The van der Waals surface area contributed by atoms with E-state index in [-0.39, 0.29) is 0 Å². The summed E-state index contributed by atoms with van der Waals surface area (Å²) in [6, 6.07) is 6.77. The first kappa shape index (κ1) is 19.1. The first-order chi connectivity index (χ1) is 13.2. The molecule has 0 amide bonds. The topological polar surface area (TPSA) is 65.4 Å². The number of aliphatic imine (C=N–C) groups is 1. The van der Waals surface area contributed by atoms with Crippen molar-refractivity contribution in [3.05, 3.63) is 53.5 Å². The van der Waals surface area contributed by atoms with Crippen LogP contribution in [0.25, 0.3) is 0 Å². The molecule has 3 rings (SSSR count). The molecule has 0 saturated carbocycles. The van der Waals surface area contributed by atoms with E-state index in [1.807, 2.05) is 25.6 Å². The predicted molar refractivity (Wildman–Crippen MR) is 111 cm³/mol. The number of rotatable bonds is 5. The zero-order chi connectivity index (χ0) is 19.1. The highest BCUT2D eigenvalue weighted by Gasteiger charge is 2.20. The van der Waals surface area contributed by atoms with E-state index in [9.17, 15) is 0 Å². The van der Waals surface area contributed by atoms with Crippen LogP contribution in [0.2, 0.25) is 0 Å². The van der Waals surface area contributed by atoms with Gasteiger partial charge in [-0.3, -0.25) is 9.98 Å². The zero-order valence-corrected chi connectivity index (χ0v) is 16.6. The van der Waals surface area contributed by atoms with Gasteiger partial charge in [0, 0.05) is 51.3 Å². The average molecular weight is 367 g/mol. The van der Waals surface area contributed by atoms with Gasteiger partial charge in [0.1, 0.15) is 5.82 Å². The van der Waals surface area contributed by atoms with Gasteiger partial charge in [0.2, 0.25) is 0 Å². The molecular formula is C21H30N6. The summed E-state index contributed by atoms with van der Waals surface area (Å²) in [5.41, 5.74) is 3.76. The lowest BCUT2D eigenvalue weighted by Crippen LogP contribution is -2.49. The van der Waals surface area contributed by atoms with Crippen LogP contribution in [0.5, 0.6) is 0 Å². The summed E-state index contributed by atoms with van der Waals surface area (Å²) in [7, 11) is 1.83. The van der Waals surface area contributed by atoms with Crippen molar-refractivity contribution in [2.45, 2.75) is 39.2 Å². The quantitative estimate of drug-likeness (QED) is 0.629. The Hall–Kier alpha value is -2.63. The molecule has 6 heteroatoms. The Morgan fingerprint density at radius 2 is 2.00 bits per heavy atom. The number of aromatic nitrogens is 2. The number of pyridine rings is 2. The van der Waals surface area contributed by atoms with Crippen molar-refractivity contribution in [3.63, 3.8) is 0 Å². The van der Waals surface area contributed by atoms with Crippen molar-refractivity contribution in [3.8, 4) is 0 Å². The second-order valence-electron chi connectivity index (χ2n) is 7.15. The third-order valence-corrected chi connectivity index (χ3v) is 5.10. The van der Waals surface area contributed by atoms with Gasteiger partial charge in [0.15, 0.2) is 5.96 Å². The summed E-state index contributed by atoms with van der Waals surface area (Å²) in [5.74, 6) is 1.96. The van der Waals surface area contributed by atoms with E-state index < -0.39 is 0 Å². The summed E-state index contributed by atoms with van der Waals surface area (Å²) in [6.07, 6.45) is 8.84. The standard InChI is InChI=1S/C21H30N6/c1-16-4-5-20(25-14-16)27-12-8-19(9-13-27)26-21(22-3)24-11-7-18-6-10-23-15-17(18)2/h4-6,10,14-15,19H,7-9,11-13H2,1-3H3,(H2,22,24,26). The van der Waals surface area contributed by atoms with Crippen LogP contribution >= 0.6 is 0 Å². The van der Waals surface area contributed by atoms with Crippen LogP contribution in [0.4, 0.5) is 5.82 Å². The van der Waals surface area contributed by atoms with Crippen LogP contribution in [0.15, 0.2) is 41.8 Å². The van der Waals surface area contributed by atoms with Crippen LogP contribution in [-0.4, -0.2) is 48.7 Å². The third kappa shape index (κ3) is 5.42. The SMILES string of the molecule is CN=C(NCCc1ccncc1C)NC1CCN(c2ccc(C)cn2)CC1. The van der Waals surface area contributed by atoms with Crippen molar-refractivity contribution in [2.75, 3.05) is 31.6 Å². The molecule has 1 aliphatic heterocycles. The van der Waals surface area contributed by atoms with Crippen LogP contribution < -0.4 is 15.5 Å². The van der Waals surface area contributed by atoms with Crippen molar-refractivity contribution in [1.82, 2.24) is 20.6 Å². The Balaban J connectivity index is 1.43. The van der Waals surface area contributed by atoms with E-state index in [0.29, 0.717) is 6.04 Å². The van der Waals surface area contributed by atoms with Gasteiger partial charge in [-0.05, 0) is 61.9 Å². The van der Waals surface area contributed by atoms with Crippen molar-refractivity contribution < 1.29 is 0 Å². The molecule has 0 aromatic carbocycles. The number of anilines is 1. The summed E-state index contributed by atoms with van der Waals surface area (Å²) in [4.78, 5) is 15.4. The molecule has 0 unspecified atom stereocenters. The molecule has 27 heavy (non-hydrogen) atoms. The summed E-state index contributed by atoms with van der Waals surface area (Å²) >= 11 is 0. The lowest BCUT2D eigenvalue weighted by Gasteiger charge is -2.33. The fourth-order valence-corrected chi connectivity index (χ4v) is 3.39. The third-order valence-electron chi connectivity index (χ3n) is 5.10. The smallest absolute Gasteiger partial charge is 0.191 e. The molecule has 144 valence electrons. The summed E-state index contributed by atoms with van der Waals surface area (Å²) < 4.78 is 0. The Bertz CT molecular complexity index is 748. The van der Waals surface area contributed by atoms with Gasteiger partial charge in [-0.15, -0.1) is 0 Å². The van der Waals surface area contributed by atoms with Crippen LogP contribution in [0.1, 0.15) is 29.5 Å². The summed E-state index contributed by atoms with van der Waals surface area (Å²) in [6.45, 7) is 7.06. The highest BCUT2D eigenvalue weighted by Crippen LogP contribution is 2.18. The molecule has 6 nitrogen and oxygen atoms in total. The molecule has 0 radical (unpaired) electrons. The monoisotopic (exact) mass is 366 g/mol. The Morgan fingerprint density at radius 1 is 1.19 bits per heavy atom. The largest absolute Gasteiger partial charge is 0.356 e. The van der Waals surface area contributed by atoms with Gasteiger partial charge in [-0.2, -0.15) is 0 Å². The minimum Gasteiger partial charge on any atom is -0.356 e. The predicted octanol–water partition coefficient (Wildman–Crippen LogP) is 2.47. The fraction of sp³-hybridized carbons (Fsp3) is 0.476. The molecule has 0 spiro atoms. The maximum Gasteiger partial charge on any atom is 0.191 e. The molecule has 1 fully saturated rings. The Morgan fingerprint density at radius 3 is 2.67 bits per heavy atom. The second-order valence-corrected chi connectivity index (χ2v) is 7.15. The van der Waals surface area contributed by atoms with Crippen molar-refractivity contribution >= 4 is 11.8 Å². The maximum atomic E-state index is 4.55. The molecule has 0 atom stereocenters. The highest BCUT2D eigenvalue weighted by atomic mass is 15.2. The molecule has 2 N–H and O–H groups in total. The van der Waals surface area contributed by atoms with E-state index >= 15 is 0 Å². The molecule has 2 aromatic heterocycles. The molecule has 0 aliphatic carbocycles. The number of nitrogens with zero attached hydrogens (tertiary/aromatic N) is 4. The maximum absolute atomic E-state index is 4.55. The lowest BCUT2D eigenvalue weighted by molar-refractivity contribution is 0.459. The highest BCUT2D eigenvalue weighted by molar-refractivity contribution is 5.80. The van der Waals surface area contributed by atoms with E-state index in [1.165, 1.54) is 16.7 Å². The number of hydrogen-bond acceptors (Lipinski definition) is 4. The van der Waals surface area contributed by atoms with Gasteiger partial charge in [0.25, 0.3) is 0 Å².